The second-order valence-electron chi connectivity index (χ2n) is 5.93. The number of nitrogens with zero attached hydrogens (tertiary/aromatic N) is 2. The molecule has 0 aliphatic heterocycles. The summed E-state index contributed by atoms with van der Waals surface area (Å²) in [5.41, 5.74) is 3.07. The molecule has 0 saturated heterocycles. The van der Waals surface area contributed by atoms with Gasteiger partial charge in [0.2, 0.25) is 0 Å². The van der Waals surface area contributed by atoms with Crippen molar-refractivity contribution in [2.45, 2.75) is 33.4 Å². The Balaban J connectivity index is 2.20. The predicted molar refractivity (Wildman–Crippen MR) is 100 cm³/mol. The van der Waals surface area contributed by atoms with Crippen molar-refractivity contribution in [3.63, 3.8) is 0 Å². The van der Waals surface area contributed by atoms with Crippen molar-refractivity contribution in [1.29, 1.82) is 5.26 Å². The predicted octanol–water partition coefficient (Wildman–Crippen LogP) is 3.60. The summed E-state index contributed by atoms with van der Waals surface area (Å²) in [7, 11) is 1.68. The lowest BCUT2D eigenvalue weighted by Crippen LogP contribution is -2.23. The Hall–Kier alpha value is -2.36. The van der Waals surface area contributed by atoms with Crippen LogP contribution in [0.25, 0.3) is 6.08 Å². The molecule has 0 aromatic carbocycles. The lowest BCUT2D eigenvalue weighted by Gasteiger charge is -2.17. The van der Waals surface area contributed by atoms with Gasteiger partial charge in [0.25, 0.3) is 5.91 Å². The zero-order chi connectivity index (χ0) is 18.4. The van der Waals surface area contributed by atoms with Gasteiger partial charge in [0.1, 0.15) is 11.6 Å². The van der Waals surface area contributed by atoms with Gasteiger partial charge >= 0.3 is 0 Å². The second-order valence-corrected chi connectivity index (χ2v) is 6.96. The van der Waals surface area contributed by atoms with Crippen LogP contribution >= 0.6 is 11.3 Å². The molecule has 0 aliphatic carbocycles. The number of ether oxygens (including phenoxy) is 1. The monoisotopic (exact) mass is 357 g/mol. The zero-order valence-electron chi connectivity index (χ0n) is 15.0. The minimum atomic E-state index is -0.356. The summed E-state index contributed by atoms with van der Waals surface area (Å²) in [5, 5.41) is 14.1. The topological polar surface area (TPSA) is 67.0 Å². The van der Waals surface area contributed by atoms with Gasteiger partial charge in [-0.15, -0.1) is 11.3 Å². The largest absolute Gasteiger partial charge is 0.383 e. The average molecular weight is 357 g/mol. The van der Waals surface area contributed by atoms with Crippen LogP contribution in [0.5, 0.6) is 0 Å². The summed E-state index contributed by atoms with van der Waals surface area (Å²) >= 11 is 1.57. The number of methoxy groups -OCH3 is 1. The number of carbonyl (C=O) groups excluding carboxylic acids is 1. The first-order valence-corrected chi connectivity index (χ1v) is 8.95. The van der Waals surface area contributed by atoms with Crippen LogP contribution in [-0.2, 0) is 16.1 Å². The number of rotatable bonds is 7. The number of carbonyl (C=O) groups is 1. The Labute approximate surface area is 152 Å². The summed E-state index contributed by atoms with van der Waals surface area (Å²) < 4.78 is 7.39. The van der Waals surface area contributed by atoms with Crippen LogP contribution in [-0.4, -0.2) is 24.2 Å². The van der Waals surface area contributed by atoms with E-state index >= 15 is 0 Å². The molecule has 5 nitrogen and oxygen atoms in total. The second kappa shape index (κ2) is 8.65. The standard InChI is InChI=1S/C19H23N3O2S/c1-13-8-16(15(3)22(13)14(2)12-24-4)9-17(10-20)19(23)21-11-18-6-5-7-25-18/h5-9,14H,11-12H2,1-4H3,(H,21,23)/b17-9+. The molecule has 2 aromatic rings. The van der Waals surface area contributed by atoms with Gasteiger partial charge in [0.05, 0.1) is 19.2 Å². The molecule has 1 amide bonds. The van der Waals surface area contributed by atoms with E-state index in [1.54, 1.807) is 24.5 Å². The first-order chi connectivity index (χ1) is 12.0. The molecule has 2 heterocycles. The highest BCUT2D eigenvalue weighted by Crippen LogP contribution is 2.22. The number of nitrogens with one attached hydrogen (secondary N) is 1. The number of hydrogen-bond acceptors (Lipinski definition) is 4. The molecule has 1 atom stereocenters. The molecule has 6 heteroatoms. The number of aromatic nitrogens is 1. The van der Waals surface area contributed by atoms with Crippen LogP contribution in [0.1, 0.15) is 34.8 Å². The SMILES string of the molecule is COCC(C)n1c(C)cc(/C=C(\C#N)C(=O)NCc2cccs2)c1C. The normalized spacial score (nSPS) is 12.7. The van der Waals surface area contributed by atoms with E-state index in [2.05, 4.69) is 16.8 Å². The summed E-state index contributed by atoms with van der Waals surface area (Å²) in [6.07, 6.45) is 1.65. The molecular formula is C19H23N3O2S. The van der Waals surface area contributed by atoms with E-state index in [-0.39, 0.29) is 17.5 Å². The Kier molecular flexibility index (Phi) is 6.57. The van der Waals surface area contributed by atoms with Crippen molar-refractivity contribution < 1.29 is 9.53 Å². The van der Waals surface area contributed by atoms with Crippen LogP contribution in [0, 0.1) is 25.2 Å². The highest BCUT2D eigenvalue weighted by Gasteiger charge is 2.15. The lowest BCUT2D eigenvalue weighted by atomic mass is 10.1. The van der Waals surface area contributed by atoms with Crippen LogP contribution < -0.4 is 5.32 Å². The Morgan fingerprint density at radius 3 is 2.88 bits per heavy atom. The fourth-order valence-corrected chi connectivity index (χ4v) is 3.57. The fourth-order valence-electron chi connectivity index (χ4n) is 2.92. The molecule has 2 aromatic heterocycles. The summed E-state index contributed by atoms with van der Waals surface area (Å²) in [6.45, 7) is 7.12. The van der Waals surface area contributed by atoms with Gasteiger partial charge < -0.3 is 14.6 Å². The molecule has 132 valence electrons. The molecule has 0 fully saturated rings. The molecule has 0 radical (unpaired) electrons. The van der Waals surface area contributed by atoms with Gasteiger partial charge in [-0.1, -0.05) is 6.07 Å². The first kappa shape index (κ1) is 19.0. The molecule has 0 bridgehead atoms. The minimum absolute atomic E-state index is 0.108. The Morgan fingerprint density at radius 1 is 1.52 bits per heavy atom. The van der Waals surface area contributed by atoms with Crippen molar-refractivity contribution in [2.75, 3.05) is 13.7 Å². The van der Waals surface area contributed by atoms with Gasteiger partial charge in [0.15, 0.2) is 0 Å². The van der Waals surface area contributed by atoms with E-state index in [0.717, 1.165) is 21.8 Å². The third-order valence-electron chi connectivity index (χ3n) is 4.04. The molecule has 0 aliphatic rings. The maximum absolute atomic E-state index is 12.3. The smallest absolute Gasteiger partial charge is 0.262 e. The molecule has 25 heavy (non-hydrogen) atoms. The first-order valence-electron chi connectivity index (χ1n) is 8.07. The maximum Gasteiger partial charge on any atom is 0.262 e. The van der Waals surface area contributed by atoms with Gasteiger partial charge in [-0.05, 0) is 49.9 Å². The third kappa shape index (κ3) is 4.59. The van der Waals surface area contributed by atoms with Gasteiger partial charge in [-0.3, -0.25) is 4.79 Å². The van der Waals surface area contributed by atoms with E-state index in [0.29, 0.717) is 13.2 Å². The molecule has 1 N–H and O–H groups in total. The van der Waals surface area contributed by atoms with Crippen molar-refractivity contribution in [3.8, 4) is 6.07 Å². The van der Waals surface area contributed by atoms with Gasteiger partial charge in [-0.25, -0.2) is 0 Å². The van der Waals surface area contributed by atoms with Crippen molar-refractivity contribution in [2.24, 2.45) is 0 Å². The lowest BCUT2D eigenvalue weighted by molar-refractivity contribution is -0.117. The number of thiophene rings is 1. The number of amides is 1. The van der Waals surface area contributed by atoms with Crippen molar-refractivity contribution in [1.82, 2.24) is 9.88 Å². The van der Waals surface area contributed by atoms with Crippen molar-refractivity contribution in [3.05, 3.63) is 51.0 Å². The molecule has 1 unspecified atom stereocenters. The van der Waals surface area contributed by atoms with E-state index < -0.39 is 0 Å². The number of hydrogen-bond donors (Lipinski definition) is 1. The Morgan fingerprint density at radius 2 is 2.28 bits per heavy atom. The van der Waals surface area contributed by atoms with Crippen LogP contribution in [0.2, 0.25) is 0 Å². The zero-order valence-corrected chi connectivity index (χ0v) is 15.8. The maximum atomic E-state index is 12.3. The molecule has 0 spiro atoms. The summed E-state index contributed by atoms with van der Waals surface area (Å²) in [6, 6.07) is 8.07. The highest BCUT2D eigenvalue weighted by atomic mass is 32.1. The van der Waals surface area contributed by atoms with E-state index in [9.17, 15) is 10.1 Å². The Bertz CT molecular complexity index is 797. The van der Waals surface area contributed by atoms with Gasteiger partial charge in [0, 0.05) is 23.4 Å². The third-order valence-corrected chi connectivity index (χ3v) is 4.92. The van der Waals surface area contributed by atoms with Gasteiger partial charge in [-0.2, -0.15) is 5.26 Å². The minimum Gasteiger partial charge on any atom is -0.383 e. The van der Waals surface area contributed by atoms with Crippen LogP contribution in [0.3, 0.4) is 0 Å². The van der Waals surface area contributed by atoms with E-state index in [4.69, 9.17) is 4.74 Å². The van der Waals surface area contributed by atoms with E-state index in [1.807, 2.05) is 43.5 Å². The summed E-state index contributed by atoms with van der Waals surface area (Å²) in [5.74, 6) is -0.356. The average Bonchev–Trinajstić information content (AvgIpc) is 3.18. The molecular weight excluding hydrogens is 334 g/mol. The molecule has 2 rings (SSSR count). The van der Waals surface area contributed by atoms with Crippen LogP contribution in [0.4, 0.5) is 0 Å². The molecule has 0 saturated carbocycles. The highest BCUT2D eigenvalue weighted by molar-refractivity contribution is 7.09. The van der Waals surface area contributed by atoms with Crippen molar-refractivity contribution >= 4 is 23.3 Å². The van der Waals surface area contributed by atoms with E-state index in [1.165, 1.54) is 0 Å². The fraction of sp³-hybridized carbons (Fsp3) is 0.368. The summed E-state index contributed by atoms with van der Waals surface area (Å²) in [4.78, 5) is 13.3. The number of aryl methyl sites for hydroxylation is 1. The van der Waals surface area contributed by atoms with Crippen LogP contribution in [0.15, 0.2) is 29.2 Å². The number of nitriles is 1. The quantitative estimate of drug-likeness (QED) is 0.608.